The number of aromatic nitrogens is 4. The van der Waals surface area contributed by atoms with E-state index in [-0.39, 0.29) is 18.9 Å². The number of urea groups is 1. The molecule has 0 aromatic carbocycles. The van der Waals surface area contributed by atoms with Crippen molar-refractivity contribution in [2.24, 2.45) is 0 Å². The first-order chi connectivity index (χ1) is 14.1. The molecule has 0 bridgehead atoms. The Bertz CT molecular complexity index is 1110. The molecule has 0 unspecified atom stereocenters. The number of carbonyl (C=O) groups is 2. The summed E-state index contributed by atoms with van der Waals surface area (Å²) < 4.78 is 8.44. The van der Waals surface area contributed by atoms with Gasteiger partial charge in [0, 0.05) is 37.7 Å². The van der Waals surface area contributed by atoms with Gasteiger partial charge in [-0.2, -0.15) is 5.26 Å². The third kappa shape index (κ3) is 3.55. The normalized spacial score (nSPS) is 16.4. The van der Waals surface area contributed by atoms with E-state index in [0.29, 0.717) is 30.0 Å². The van der Waals surface area contributed by atoms with Gasteiger partial charge in [-0.3, -0.25) is 9.69 Å². The molecule has 1 saturated heterocycles. The van der Waals surface area contributed by atoms with E-state index in [9.17, 15) is 14.9 Å². The number of amides is 3. The monoisotopic (exact) mass is 393 g/mol. The number of carbonyl (C=O) groups excluding carboxylic acids is 2. The lowest BCUT2D eigenvalue weighted by molar-refractivity contribution is -0.127. The highest BCUT2D eigenvalue weighted by Crippen LogP contribution is 2.21. The highest BCUT2D eigenvalue weighted by Gasteiger charge is 2.38. The summed E-state index contributed by atoms with van der Waals surface area (Å²) in [5, 5.41) is 20.3. The van der Waals surface area contributed by atoms with Gasteiger partial charge in [0.05, 0.1) is 36.5 Å². The van der Waals surface area contributed by atoms with Gasteiger partial charge in [-0.15, -0.1) is 5.10 Å². The number of methoxy groups -OCH3 is 1. The Balaban J connectivity index is 1.49. The molecule has 1 atom stereocenters. The number of pyridine rings is 1. The molecule has 10 nitrogen and oxygen atoms in total. The number of hydrogen-bond acceptors (Lipinski definition) is 6. The number of nitriles is 1. The van der Waals surface area contributed by atoms with Gasteiger partial charge in [0.2, 0.25) is 0 Å². The van der Waals surface area contributed by atoms with Crippen LogP contribution in [0.5, 0.6) is 0 Å². The fourth-order valence-electron chi connectivity index (χ4n) is 3.40. The van der Waals surface area contributed by atoms with Crippen LogP contribution < -0.4 is 5.32 Å². The summed E-state index contributed by atoms with van der Waals surface area (Å²) in [6.45, 7) is 1.09. The molecular weight excluding hydrogens is 374 g/mol. The third-order valence-corrected chi connectivity index (χ3v) is 4.83. The first-order valence-corrected chi connectivity index (χ1v) is 9.09. The van der Waals surface area contributed by atoms with E-state index in [0.717, 1.165) is 10.4 Å². The summed E-state index contributed by atoms with van der Waals surface area (Å²) in [5.74, 6) is -0.347. The molecule has 4 rings (SSSR count). The van der Waals surface area contributed by atoms with Crippen molar-refractivity contribution in [2.45, 2.75) is 25.6 Å². The van der Waals surface area contributed by atoms with Crippen LogP contribution in [0.4, 0.5) is 4.79 Å². The topological polar surface area (TPSA) is 118 Å². The number of rotatable bonds is 7. The predicted octanol–water partition coefficient (Wildman–Crippen LogP) is 0.712. The Morgan fingerprint density at radius 2 is 2.17 bits per heavy atom. The second-order valence-electron chi connectivity index (χ2n) is 6.73. The van der Waals surface area contributed by atoms with Crippen LogP contribution in [0, 0.1) is 11.3 Å². The largest absolute Gasteiger partial charge is 0.383 e. The molecule has 10 heteroatoms. The van der Waals surface area contributed by atoms with E-state index in [1.807, 2.05) is 28.8 Å². The Morgan fingerprint density at radius 3 is 2.97 bits per heavy atom. The number of nitrogens with one attached hydrogen (secondary N) is 1. The standard InChI is InChI=1S/C19H19N7O3/c1-29-7-6-25-12-14(22-23-25)8-16-18(27)26(19(28)21-16)11-13-10-24-5-3-2-4-17(24)15(13)9-20/h2-5,10,12,16H,6-8,11H2,1H3,(H,21,28)/t16-/m0/s1. The number of hydrogen-bond donors (Lipinski definition) is 1. The van der Waals surface area contributed by atoms with E-state index in [1.165, 1.54) is 0 Å². The molecule has 3 amide bonds. The molecule has 1 aliphatic heterocycles. The fraction of sp³-hybridized carbons (Fsp3) is 0.316. The van der Waals surface area contributed by atoms with Gasteiger partial charge >= 0.3 is 6.03 Å². The minimum Gasteiger partial charge on any atom is -0.383 e. The zero-order valence-electron chi connectivity index (χ0n) is 15.8. The third-order valence-electron chi connectivity index (χ3n) is 4.83. The summed E-state index contributed by atoms with van der Waals surface area (Å²) >= 11 is 0. The second-order valence-corrected chi connectivity index (χ2v) is 6.73. The van der Waals surface area contributed by atoms with Crippen LogP contribution in [-0.4, -0.2) is 56.0 Å². The van der Waals surface area contributed by atoms with Gasteiger partial charge in [0.1, 0.15) is 12.1 Å². The van der Waals surface area contributed by atoms with Crippen molar-refractivity contribution in [1.29, 1.82) is 5.26 Å². The Hall–Kier alpha value is -3.71. The summed E-state index contributed by atoms with van der Waals surface area (Å²) in [5.41, 5.74) is 2.42. The van der Waals surface area contributed by atoms with Gasteiger partial charge in [-0.1, -0.05) is 11.3 Å². The van der Waals surface area contributed by atoms with E-state index in [1.54, 1.807) is 24.2 Å². The number of imide groups is 1. The first kappa shape index (κ1) is 18.6. The van der Waals surface area contributed by atoms with Crippen LogP contribution >= 0.6 is 0 Å². The smallest absolute Gasteiger partial charge is 0.325 e. The quantitative estimate of drug-likeness (QED) is 0.591. The first-order valence-electron chi connectivity index (χ1n) is 9.09. The summed E-state index contributed by atoms with van der Waals surface area (Å²) in [6.07, 6.45) is 5.57. The number of ether oxygens (including phenoxy) is 1. The molecule has 1 aliphatic rings. The maximum absolute atomic E-state index is 12.8. The number of fused-ring (bicyclic) bond motifs is 1. The van der Waals surface area contributed by atoms with Gasteiger partial charge in [-0.05, 0) is 12.1 Å². The molecule has 1 N–H and O–H groups in total. The second kappa shape index (κ2) is 7.73. The van der Waals surface area contributed by atoms with E-state index in [2.05, 4.69) is 21.7 Å². The van der Waals surface area contributed by atoms with Crippen LogP contribution in [-0.2, 0) is 29.0 Å². The van der Waals surface area contributed by atoms with Crippen molar-refractivity contribution in [2.75, 3.05) is 13.7 Å². The lowest BCUT2D eigenvalue weighted by Crippen LogP contribution is -2.32. The van der Waals surface area contributed by atoms with Gasteiger partial charge in [0.25, 0.3) is 5.91 Å². The Labute approximate surface area is 166 Å². The zero-order chi connectivity index (χ0) is 20.4. The molecule has 3 aromatic rings. The summed E-state index contributed by atoms with van der Waals surface area (Å²) in [6, 6.07) is 6.49. The van der Waals surface area contributed by atoms with E-state index < -0.39 is 12.1 Å². The average molecular weight is 393 g/mol. The van der Waals surface area contributed by atoms with Crippen molar-refractivity contribution in [3.05, 3.63) is 53.6 Å². The van der Waals surface area contributed by atoms with Crippen molar-refractivity contribution in [3.8, 4) is 6.07 Å². The maximum Gasteiger partial charge on any atom is 0.325 e. The average Bonchev–Trinajstić information content (AvgIpc) is 3.39. The molecular formula is C19H19N7O3. The molecule has 3 aromatic heterocycles. The fourth-order valence-corrected chi connectivity index (χ4v) is 3.40. The van der Waals surface area contributed by atoms with Crippen LogP contribution in [0.25, 0.3) is 5.52 Å². The highest BCUT2D eigenvalue weighted by atomic mass is 16.5. The summed E-state index contributed by atoms with van der Waals surface area (Å²) in [7, 11) is 1.60. The van der Waals surface area contributed by atoms with Crippen LogP contribution in [0.15, 0.2) is 36.8 Å². The molecule has 29 heavy (non-hydrogen) atoms. The predicted molar refractivity (Wildman–Crippen MR) is 101 cm³/mol. The molecule has 0 aliphatic carbocycles. The molecule has 0 radical (unpaired) electrons. The Kier molecular flexibility index (Phi) is 4.97. The van der Waals surface area contributed by atoms with Crippen molar-refractivity contribution < 1.29 is 14.3 Å². The van der Waals surface area contributed by atoms with Crippen molar-refractivity contribution in [1.82, 2.24) is 29.6 Å². The van der Waals surface area contributed by atoms with Crippen molar-refractivity contribution in [3.63, 3.8) is 0 Å². The Morgan fingerprint density at radius 1 is 1.31 bits per heavy atom. The lowest BCUT2D eigenvalue weighted by atomic mass is 10.1. The minimum absolute atomic E-state index is 0.0340. The van der Waals surface area contributed by atoms with Gasteiger partial charge < -0.3 is 14.5 Å². The lowest BCUT2D eigenvalue weighted by Gasteiger charge is -2.12. The molecule has 1 fully saturated rings. The van der Waals surface area contributed by atoms with Crippen LogP contribution in [0.1, 0.15) is 16.8 Å². The molecule has 0 spiro atoms. The highest BCUT2D eigenvalue weighted by molar-refractivity contribution is 6.04. The minimum atomic E-state index is -0.711. The van der Waals surface area contributed by atoms with E-state index in [4.69, 9.17) is 4.74 Å². The van der Waals surface area contributed by atoms with Crippen LogP contribution in [0.2, 0.25) is 0 Å². The summed E-state index contributed by atoms with van der Waals surface area (Å²) in [4.78, 5) is 26.3. The van der Waals surface area contributed by atoms with Gasteiger partial charge in [0.15, 0.2) is 0 Å². The zero-order valence-corrected chi connectivity index (χ0v) is 15.8. The maximum atomic E-state index is 12.8. The molecule has 148 valence electrons. The number of nitrogens with zero attached hydrogens (tertiary/aromatic N) is 6. The van der Waals surface area contributed by atoms with Gasteiger partial charge in [-0.25, -0.2) is 9.48 Å². The van der Waals surface area contributed by atoms with E-state index >= 15 is 0 Å². The van der Waals surface area contributed by atoms with Crippen LogP contribution in [0.3, 0.4) is 0 Å². The van der Waals surface area contributed by atoms with Crippen molar-refractivity contribution >= 4 is 17.5 Å². The molecule has 0 saturated carbocycles. The SMILES string of the molecule is COCCn1cc(C[C@@H]2NC(=O)N(Cc3cn4ccccc4c3C#N)C2=O)nn1. The molecule has 4 heterocycles.